The Balaban J connectivity index is 1.48. The van der Waals surface area contributed by atoms with Gasteiger partial charge in [-0.05, 0) is 64.0 Å². The summed E-state index contributed by atoms with van der Waals surface area (Å²) in [7, 11) is 0. The molecule has 8 heteroatoms. The van der Waals surface area contributed by atoms with Crippen molar-refractivity contribution in [3.8, 4) is 11.6 Å². The van der Waals surface area contributed by atoms with Crippen LogP contribution in [0, 0.1) is 5.82 Å². The zero-order valence-electron chi connectivity index (χ0n) is 16.7. The number of rotatable bonds is 6. The average molecular weight is 486 g/mol. The highest BCUT2D eigenvalue weighted by Gasteiger charge is 2.17. The van der Waals surface area contributed by atoms with Gasteiger partial charge in [-0.25, -0.2) is 9.37 Å². The number of ether oxygens (including phenoxy) is 2. The van der Waals surface area contributed by atoms with E-state index in [1.165, 1.54) is 24.4 Å². The molecule has 1 N–H and O–H groups in total. The third-order valence-corrected chi connectivity index (χ3v) is 5.43. The Morgan fingerprint density at radius 3 is 2.81 bits per heavy atom. The molecule has 0 spiro atoms. The highest BCUT2D eigenvalue weighted by molar-refractivity contribution is 9.10. The van der Waals surface area contributed by atoms with Crippen LogP contribution in [0.3, 0.4) is 0 Å². The maximum atomic E-state index is 13.3. The number of halogens is 2. The molecule has 1 aliphatic heterocycles. The number of nitrogens with one attached hydrogen (secondary N) is 1. The molecule has 1 amide bonds. The number of carbonyl (C=O) groups excluding carboxylic acids is 1. The van der Waals surface area contributed by atoms with Gasteiger partial charge in [-0.3, -0.25) is 9.69 Å². The molecule has 31 heavy (non-hydrogen) atoms. The SMILES string of the molecule is O=C(Nc1cccc(CN2CCOCC2)c1)c1cccnc1Oc1ccc(F)cc1Br. The molecule has 2 heterocycles. The van der Waals surface area contributed by atoms with E-state index in [-0.39, 0.29) is 17.4 Å². The van der Waals surface area contributed by atoms with E-state index in [0.29, 0.717) is 15.9 Å². The molecule has 0 unspecified atom stereocenters. The summed E-state index contributed by atoms with van der Waals surface area (Å²) in [6.45, 7) is 4.07. The molecule has 1 saturated heterocycles. The van der Waals surface area contributed by atoms with E-state index in [9.17, 15) is 9.18 Å². The predicted octanol–water partition coefficient (Wildman–Crippen LogP) is 4.86. The van der Waals surface area contributed by atoms with Crippen LogP contribution < -0.4 is 10.1 Å². The zero-order chi connectivity index (χ0) is 21.6. The lowest BCUT2D eigenvalue weighted by atomic mass is 10.1. The van der Waals surface area contributed by atoms with Crippen LogP contribution in [0.2, 0.25) is 0 Å². The molecule has 3 aromatic rings. The van der Waals surface area contributed by atoms with E-state index in [1.807, 2.05) is 24.3 Å². The Hall–Kier alpha value is -2.81. The Kier molecular flexibility index (Phi) is 6.91. The average Bonchev–Trinajstić information content (AvgIpc) is 2.77. The number of pyridine rings is 1. The smallest absolute Gasteiger partial charge is 0.261 e. The topological polar surface area (TPSA) is 63.7 Å². The number of hydrogen-bond donors (Lipinski definition) is 1. The Morgan fingerprint density at radius 2 is 2.00 bits per heavy atom. The summed E-state index contributed by atoms with van der Waals surface area (Å²) in [6, 6.07) is 15.1. The van der Waals surface area contributed by atoms with Crippen LogP contribution in [0.15, 0.2) is 65.3 Å². The molecule has 4 rings (SSSR count). The fraction of sp³-hybridized carbons (Fsp3) is 0.217. The highest BCUT2D eigenvalue weighted by atomic mass is 79.9. The molecular weight excluding hydrogens is 465 g/mol. The maximum absolute atomic E-state index is 13.3. The first-order valence-corrected chi connectivity index (χ1v) is 10.7. The van der Waals surface area contributed by atoms with Crippen molar-refractivity contribution in [1.29, 1.82) is 0 Å². The predicted molar refractivity (Wildman–Crippen MR) is 119 cm³/mol. The standard InChI is InChI=1S/C23H21BrFN3O3/c24-20-14-17(25)6-7-21(20)31-23-19(5-2-8-26-23)22(29)27-18-4-1-3-16(13-18)15-28-9-11-30-12-10-28/h1-8,13-14H,9-12,15H2,(H,27,29). The first-order chi connectivity index (χ1) is 15.1. The van der Waals surface area contributed by atoms with Crippen LogP contribution >= 0.6 is 15.9 Å². The van der Waals surface area contributed by atoms with Crippen molar-refractivity contribution in [1.82, 2.24) is 9.88 Å². The number of aromatic nitrogens is 1. The third kappa shape index (κ3) is 5.66. The van der Waals surface area contributed by atoms with Gasteiger partial charge in [0.25, 0.3) is 5.91 Å². The van der Waals surface area contributed by atoms with Crippen LogP contribution in [0.4, 0.5) is 10.1 Å². The van der Waals surface area contributed by atoms with E-state index in [4.69, 9.17) is 9.47 Å². The largest absolute Gasteiger partial charge is 0.437 e. The van der Waals surface area contributed by atoms with Crippen molar-refractivity contribution in [3.63, 3.8) is 0 Å². The van der Waals surface area contributed by atoms with Gasteiger partial charge < -0.3 is 14.8 Å². The lowest BCUT2D eigenvalue weighted by molar-refractivity contribution is 0.0342. The highest BCUT2D eigenvalue weighted by Crippen LogP contribution is 2.31. The molecule has 0 saturated carbocycles. The summed E-state index contributed by atoms with van der Waals surface area (Å²) in [5, 5.41) is 2.91. The molecule has 160 valence electrons. The first-order valence-electron chi connectivity index (χ1n) is 9.87. The molecule has 0 bridgehead atoms. The Bertz CT molecular complexity index is 1070. The summed E-state index contributed by atoms with van der Waals surface area (Å²) in [5.41, 5.74) is 2.07. The van der Waals surface area contributed by atoms with Crippen molar-refractivity contribution in [2.75, 3.05) is 31.6 Å². The molecule has 1 aromatic heterocycles. The first kappa shape index (κ1) is 21.4. The number of amides is 1. The lowest BCUT2D eigenvalue weighted by Gasteiger charge is -2.26. The van der Waals surface area contributed by atoms with Crippen LogP contribution in [-0.4, -0.2) is 42.1 Å². The number of anilines is 1. The van der Waals surface area contributed by atoms with Gasteiger partial charge >= 0.3 is 0 Å². The van der Waals surface area contributed by atoms with Crippen LogP contribution in [0.5, 0.6) is 11.6 Å². The summed E-state index contributed by atoms with van der Waals surface area (Å²) in [4.78, 5) is 19.4. The van der Waals surface area contributed by atoms with E-state index in [0.717, 1.165) is 38.4 Å². The molecule has 0 radical (unpaired) electrons. The minimum atomic E-state index is -0.393. The van der Waals surface area contributed by atoms with Crippen LogP contribution in [0.25, 0.3) is 0 Å². The van der Waals surface area contributed by atoms with Crippen molar-refractivity contribution < 1.29 is 18.7 Å². The lowest BCUT2D eigenvalue weighted by Crippen LogP contribution is -2.35. The molecule has 1 fully saturated rings. The van der Waals surface area contributed by atoms with Gasteiger partial charge in [-0.15, -0.1) is 0 Å². The van der Waals surface area contributed by atoms with Gasteiger partial charge in [-0.1, -0.05) is 12.1 Å². The third-order valence-electron chi connectivity index (χ3n) is 4.81. The van der Waals surface area contributed by atoms with Crippen LogP contribution in [-0.2, 0) is 11.3 Å². The normalized spacial score (nSPS) is 14.3. The molecular formula is C23H21BrFN3O3. The fourth-order valence-electron chi connectivity index (χ4n) is 3.27. The van der Waals surface area contributed by atoms with Gasteiger partial charge in [0.15, 0.2) is 0 Å². The van der Waals surface area contributed by atoms with Gasteiger partial charge in [0, 0.05) is 31.5 Å². The molecule has 1 aliphatic rings. The van der Waals surface area contributed by atoms with Gasteiger partial charge in [0.2, 0.25) is 5.88 Å². The Labute approximate surface area is 188 Å². The Morgan fingerprint density at radius 1 is 1.16 bits per heavy atom. The van der Waals surface area contributed by atoms with E-state index >= 15 is 0 Å². The second kappa shape index (κ2) is 10.00. The molecule has 6 nitrogen and oxygen atoms in total. The zero-order valence-corrected chi connectivity index (χ0v) is 18.3. The van der Waals surface area contributed by atoms with E-state index in [2.05, 4.69) is 31.1 Å². The monoisotopic (exact) mass is 485 g/mol. The fourth-order valence-corrected chi connectivity index (χ4v) is 3.70. The number of benzene rings is 2. The summed E-state index contributed by atoms with van der Waals surface area (Å²) >= 11 is 3.26. The number of carbonyl (C=O) groups is 1. The van der Waals surface area contributed by atoms with Gasteiger partial charge in [-0.2, -0.15) is 0 Å². The van der Waals surface area contributed by atoms with Gasteiger partial charge in [0.1, 0.15) is 17.1 Å². The number of nitrogens with zero attached hydrogens (tertiary/aromatic N) is 2. The van der Waals surface area contributed by atoms with Crippen molar-refractivity contribution in [3.05, 3.63) is 82.2 Å². The second-order valence-electron chi connectivity index (χ2n) is 7.08. The second-order valence-corrected chi connectivity index (χ2v) is 7.93. The quantitative estimate of drug-likeness (QED) is 0.540. The molecule has 0 atom stereocenters. The summed E-state index contributed by atoms with van der Waals surface area (Å²) < 4.78 is 24.9. The van der Waals surface area contributed by atoms with Crippen LogP contribution in [0.1, 0.15) is 15.9 Å². The van der Waals surface area contributed by atoms with E-state index < -0.39 is 5.82 Å². The van der Waals surface area contributed by atoms with Crippen molar-refractivity contribution >= 4 is 27.5 Å². The summed E-state index contributed by atoms with van der Waals surface area (Å²) in [5.74, 6) is -0.238. The van der Waals surface area contributed by atoms with Gasteiger partial charge in [0.05, 0.1) is 17.7 Å². The molecule has 2 aromatic carbocycles. The van der Waals surface area contributed by atoms with Crippen molar-refractivity contribution in [2.24, 2.45) is 0 Å². The number of morpholine rings is 1. The minimum absolute atomic E-state index is 0.136. The van der Waals surface area contributed by atoms with Crippen molar-refractivity contribution in [2.45, 2.75) is 6.54 Å². The number of hydrogen-bond acceptors (Lipinski definition) is 5. The molecule has 0 aliphatic carbocycles. The van der Waals surface area contributed by atoms with E-state index in [1.54, 1.807) is 12.1 Å². The maximum Gasteiger partial charge on any atom is 0.261 e. The summed E-state index contributed by atoms with van der Waals surface area (Å²) in [6.07, 6.45) is 1.53. The minimum Gasteiger partial charge on any atom is -0.437 e.